The number of hydrogen-bond donors (Lipinski definition) is 1. The smallest absolute Gasteiger partial charge is 0.106 e. The molecule has 120 valence electrons. The van der Waals surface area contributed by atoms with E-state index in [0.29, 0.717) is 0 Å². The summed E-state index contributed by atoms with van der Waals surface area (Å²) in [7, 11) is 1.55. The Morgan fingerprint density at radius 2 is 1.67 bits per heavy atom. The number of nitrogens with one attached hydrogen (secondary N) is 1. The maximum atomic E-state index is 4.70. The predicted octanol–water partition coefficient (Wildman–Crippen LogP) is 4.41. The summed E-state index contributed by atoms with van der Waals surface area (Å²) in [6.45, 7) is 0. The van der Waals surface area contributed by atoms with E-state index in [2.05, 4.69) is 52.9 Å². The highest BCUT2D eigenvalue weighted by molar-refractivity contribution is 5.85. The van der Waals surface area contributed by atoms with Crippen molar-refractivity contribution in [2.24, 2.45) is 5.16 Å². The lowest BCUT2D eigenvalue weighted by atomic mass is 10.0. The van der Waals surface area contributed by atoms with Crippen LogP contribution in [0.4, 0.5) is 0 Å². The normalized spacial score (nSPS) is 13.5. The molecule has 0 unspecified atom stereocenters. The van der Waals surface area contributed by atoms with Crippen molar-refractivity contribution < 1.29 is 4.84 Å². The summed E-state index contributed by atoms with van der Waals surface area (Å²) in [5.41, 5.74) is 6.53. The molecule has 2 aliphatic rings. The van der Waals surface area contributed by atoms with E-state index in [1.807, 2.05) is 36.7 Å². The molecule has 2 aromatic carbocycles. The summed E-state index contributed by atoms with van der Waals surface area (Å²) in [6.07, 6.45) is 14.3. The Kier molecular flexibility index (Phi) is 5.25. The van der Waals surface area contributed by atoms with Gasteiger partial charge in [-0.15, -0.1) is 0 Å². The van der Waals surface area contributed by atoms with Crippen LogP contribution in [0.3, 0.4) is 0 Å². The molecule has 1 N–H and O–H groups in total. The molecule has 24 heavy (non-hydrogen) atoms. The highest BCUT2D eigenvalue weighted by Gasteiger charge is 2.17. The third-order valence-corrected chi connectivity index (χ3v) is 3.85. The predicted molar refractivity (Wildman–Crippen MR) is 99.8 cm³/mol. The van der Waals surface area contributed by atoms with E-state index >= 15 is 0 Å². The van der Waals surface area contributed by atoms with Gasteiger partial charge < -0.3 is 10.2 Å². The van der Waals surface area contributed by atoms with Gasteiger partial charge in [-0.1, -0.05) is 53.7 Å². The molecule has 0 bridgehead atoms. The van der Waals surface area contributed by atoms with Gasteiger partial charge in [-0.25, -0.2) is 0 Å². The van der Waals surface area contributed by atoms with E-state index in [-0.39, 0.29) is 0 Å². The first-order chi connectivity index (χ1) is 11.9. The quantitative estimate of drug-likeness (QED) is 0.561. The summed E-state index contributed by atoms with van der Waals surface area (Å²) >= 11 is 0. The highest BCUT2D eigenvalue weighted by atomic mass is 16.6. The molecule has 0 fully saturated rings. The van der Waals surface area contributed by atoms with Gasteiger partial charge in [-0.3, -0.25) is 0 Å². The Morgan fingerprint density at radius 1 is 0.917 bits per heavy atom. The van der Waals surface area contributed by atoms with E-state index in [0.717, 1.165) is 12.0 Å². The van der Waals surface area contributed by atoms with Crippen molar-refractivity contribution in [3.8, 4) is 11.1 Å². The van der Waals surface area contributed by atoms with Crippen LogP contribution in [0.2, 0.25) is 0 Å². The molecule has 0 saturated carbocycles. The molecule has 3 heteroatoms. The summed E-state index contributed by atoms with van der Waals surface area (Å²) < 4.78 is 0. The van der Waals surface area contributed by atoms with Crippen LogP contribution in [0.5, 0.6) is 0 Å². The van der Waals surface area contributed by atoms with Crippen LogP contribution < -0.4 is 5.32 Å². The fourth-order valence-corrected chi connectivity index (χ4v) is 2.74. The topological polar surface area (TPSA) is 33.6 Å². The van der Waals surface area contributed by atoms with Crippen molar-refractivity contribution in [3.05, 3.63) is 95.9 Å². The number of allylic oxidation sites excluding steroid dienone is 4. The van der Waals surface area contributed by atoms with Gasteiger partial charge in [-0.2, -0.15) is 0 Å². The van der Waals surface area contributed by atoms with Crippen LogP contribution >= 0.6 is 0 Å². The molecule has 3 nitrogen and oxygen atoms in total. The van der Waals surface area contributed by atoms with Gasteiger partial charge in [0.15, 0.2) is 0 Å². The van der Waals surface area contributed by atoms with Gasteiger partial charge in [0, 0.05) is 12.4 Å². The molecule has 0 amide bonds. The largest absolute Gasteiger partial charge is 0.399 e. The van der Waals surface area contributed by atoms with Crippen LogP contribution in [-0.2, 0) is 11.3 Å². The summed E-state index contributed by atoms with van der Waals surface area (Å²) in [6, 6.07) is 15.0. The van der Waals surface area contributed by atoms with E-state index < -0.39 is 0 Å². The van der Waals surface area contributed by atoms with Crippen molar-refractivity contribution in [1.82, 2.24) is 5.32 Å². The first-order valence-corrected chi connectivity index (χ1v) is 7.90. The van der Waals surface area contributed by atoms with E-state index in [1.54, 1.807) is 13.3 Å². The number of nitrogens with zero attached hydrogens (tertiary/aromatic N) is 1. The first-order valence-electron chi connectivity index (χ1n) is 7.90. The molecule has 0 aromatic heterocycles. The number of fused-ring (bicyclic) bond motifs is 3. The van der Waals surface area contributed by atoms with Crippen LogP contribution in [0, 0.1) is 0 Å². The molecule has 0 atom stereocenters. The molecular formula is C21H20N2O. The van der Waals surface area contributed by atoms with Crippen LogP contribution in [0.25, 0.3) is 11.1 Å². The Labute approximate surface area is 142 Å². The van der Waals surface area contributed by atoms with Crippen LogP contribution in [0.15, 0.2) is 84.3 Å². The zero-order chi connectivity index (χ0) is 16.6. The zero-order valence-electron chi connectivity index (χ0n) is 13.6. The van der Waals surface area contributed by atoms with E-state index in [9.17, 15) is 0 Å². The summed E-state index contributed by atoms with van der Waals surface area (Å²) in [4.78, 5) is 4.70. The Bertz CT molecular complexity index is 802. The Hall–Kier alpha value is -3.07. The van der Waals surface area contributed by atoms with Crippen molar-refractivity contribution in [3.63, 3.8) is 0 Å². The second-order valence-corrected chi connectivity index (χ2v) is 5.44. The maximum Gasteiger partial charge on any atom is 0.106 e. The van der Waals surface area contributed by atoms with E-state index in [1.165, 1.54) is 22.3 Å². The number of rotatable bonds is 2. The van der Waals surface area contributed by atoms with Gasteiger partial charge in [0.25, 0.3) is 0 Å². The second-order valence-electron chi connectivity index (χ2n) is 5.44. The van der Waals surface area contributed by atoms with Gasteiger partial charge in [-0.05, 0) is 52.5 Å². The zero-order valence-corrected chi connectivity index (χ0v) is 13.6. The van der Waals surface area contributed by atoms with Gasteiger partial charge in [0.05, 0.1) is 6.21 Å². The van der Waals surface area contributed by atoms with Crippen LogP contribution in [0.1, 0.15) is 16.7 Å². The van der Waals surface area contributed by atoms with Gasteiger partial charge in [0.1, 0.15) is 7.11 Å². The number of benzene rings is 2. The Morgan fingerprint density at radius 3 is 2.46 bits per heavy atom. The standard InChI is InChI=1S/C15H13NO.C6H7N/c1-17-16-10-11-6-7-13-9-12-4-2-3-5-14(12)15(13)8-11;1-2-4-6-7-5-3-1/h2-8,10H,9H2,1H3;1-7H. The Balaban J connectivity index is 0.000000203. The molecule has 1 aliphatic heterocycles. The first kappa shape index (κ1) is 15.8. The minimum Gasteiger partial charge on any atom is -0.399 e. The van der Waals surface area contributed by atoms with Crippen molar-refractivity contribution >= 4 is 6.21 Å². The minimum atomic E-state index is 1.03. The molecule has 4 rings (SSSR count). The molecule has 0 saturated heterocycles. The van der Waals surface area contributed by atoms with Gasteiger partial charge in [0.2, 0.25) is 0 Å². The summed E-state index contributed by atoms with van der Waals surface area (Å²) in [5.74, 6) is 0. The molecule has 0 radical (unpaired) electrons. The maximum absolute atomic E-state index is 4.70. The lowest BCUT2D eigenvalue weighted by molar-refractivity contribution is 0.215. The fraction of sp³-hybridized carbons (Fsp3) is 0.0952. The average molecular weight is 316 g/mol. The molecular weight excluding hydrogens is 296 g/mol. The second kappa shape index (κ2) is 7.97. The molecule has 1 heterocycles. The fourth-order valence-electron chi connectivity index (χ4n) is 2.74. The van der Waals surface area contributed by atoms with Crippen LogP contribution in [-0.4, -0.2) is 13.3 Å². The lowest BCUT2D eigenvalue weighted by Gasteiger charge is -2.01. The number of oxime groups is 1. The lowest BCUT2D eigenvalue weighted by Crippen LogP contribution is -1.87. The minimum absolute atomic E-state index is 1.03. The highest BCUT2D eigenvalue weighted by Crippen LogP contribution is 2.36. The summed E-state index contributed by atoms with van der Waals surface area (Å²) in [5, 5.41) is 6.72. The van der Waals surface area contributed by atoms with E-state index in [4.69, 9.17) is 4.84 Å². The monoisotopic (exact) mass is 316 g/mol. The van der Waals surface area contributed by atoms with Crippen molar-refractivity contribution in [2.45, 2.75) is 6.42 Å². The molecule has 1 aliphatic carbocycles. The SMILES string of the molecule is C1=CC=CNC=C1.CON=Cc1ccc2c(c1)-c1ccccc1C2. The van der Waals surface area contributed by atoms with Gasteiger partial charge >= 0.3 is 0 Å². The molecule has 0 spiro atoms. The third-order valence-electron chi connectivity index (χ3n) is 3.85. The number of hydrogen-bond acceptors (Lipinski definition) is 3. The average Bonchev–Trinajstić information content (AvgIpc) is 2.79. The van der Waals surface area contributed by atoms with Crippen molar-refractivity contribution in [1.29, 1.82) is 0 Å². The van der Waals surface area contributed by atoms with Crippen molar-refractivity contribution in [2.75, 3.05) is 7.11 Å². The molecule has 2 aromatic rings. The third kappa shape index (κ3) is 3.82.